The maximum atomic E-state index is 13.3. The molecule has 1 aromatic heterocycles. The lowest BCUT2D eigenvalue weighted by Gasteiger charge is -2.25. The molecule has 2 atom stereocenters. The van der Waals surface area contributed by atoms with Crippen LogP contribution in [0.25, 0.3) is 22.1 Å². The van der Waals surface area contributed by atoms with E-state index in [1.54, 1.807) is 44.2 Å². The lowest BCUT2D eigenvalue weighted by Crippen LogP contribution is -2.52. The molecule has 0 saturated heterocycles. The molecule has 0 bridgehead atoms. The summed E-state index contributed by atoms with van der Waals surface area (Å²) in [7, 11) is 0. The molecule has 9 heteroatoms. The molecule has 1 aliphatic heterocycles. The number of fused-ring (bicyclic) bond motifs is 2. The number of hydrogen-bond donors (Lipinski definition) is 1. The number of hydrogen-bond acceptors (Lipinski definition) is 8. The lowest BCUT2D eigenvalue weighted by molar-refractivity contribution is -0.309. The van der Waals surface area contributed by atoms with Crippen molar-refractivity contribution in [2.24, 2.45) is 5.92 Å². The second kappa shape index (κ2) is 10.7. The largest absolute Gasteiger partial charge is 0.548 e. The van der Waals surface area contributed by atoms with Crippen molar-refractivity contribution in [3.8, 4) is 28.4 Å². The molecule has 2 heterocycles. The number of aryl methyl sites for hydroxylation is 1. The first-order valence-electron chi connectivity index (χ1n) is 11.9. The Morgan fingerprint density at radius 1 is 1.11 bits per heavy atom. The van der Waals surface area contributed by atoms with E-state index in [4.69, 9.17) is 18.6 Å². The summed E-state index contributed by atoms with van der Waals surface area (Å²) in [5.74, 6) is -0.277. The van der Waals surface area contributed by atoms with Gasteiger partial charge in [0.1, 0.15) is 17.1 Å². The third-order valence-electron chi connectivity index (χ3n) is 6.23. The van der Waals surface area contributed by atoms with Crippen LogP contribution in [0.5, 0.6) is 17.2 Å². The normalized spacial score (nSPS) is 14.5. The highest BCUT2D eigenvalue weighted by Gasteiger charge is 2.20. The Hall–Kier alpha value is -4.01. The molecule has 1 aliphatic rings. The van der Waals surface area contributed by atoms with Gasteiger partial charge in [-0.1, -0.05) is 26.3 Å². The van der Waals surface area contributed by atoms with Crippen LogP contribution in [0.3, 0.4) is 0 Å². The van der Waals surface area contributed by atoms with E-state index in [-0.39, 0.29) is 11.3 Å². The summed E-state index contributed by atoms with van der Waals surface area (Å²) in [6.07, 6.45) is 1.35. The van der Waals surface area contributed by atoms with Crippen LogP contribution in [-0.2, 0) is 9.59 Å². The summed E-state index contributed by atoms with van der Waals surface area (Å²) >= 11 is 0. The Balaban J connectivity index is 1.54. The first-order chi connectivity index (χ1) is 17.3. The maximum Gasteiger partial charge on any atom is 0.258 e. The Morgan fingerprint density at radius 3 is 2.58 bits per heavy atom. The molecular formula is C27H28NO8-. The quantitative estimate of drug-likeness (QED) is 0.506. The topological polar surface area (TPSA) is 127 Å². The van der Waals surface area contributed by atoms with Crippen molar-refractivity contribution in [3.05, 3.63) is 52.4 Å². The molecule has 4 rings (SSSR count). The highest BCUT2D eigenvalue weighted by atomic mass is 16.5. The minimum Gasteiger partial charge on any atom is -0.548 e. The zero-order chi connectivity index (χ0) is 25.8. The first kappa shape index (κ1) is 25.1. The van der Waals surface area contributed by atoms with Gasteiger partial charge in [-0.25, -0.2) is 0 Å². The van der Waals surface area contributed by atoms with Crippen LogP contribution in [0.15, 0.2) is 45.6 Å². The second-order valence-corrected chi connectivity index (χ2v) is 8.77. The van der Waals surface area contributed by atoms with Crippen molar-refractivity contribution >= 4 is 22.8 Å². The Bertz CT molecular complexity index is 1350. The van der Waals surface area contributed by atoms with Gasteiger partial charge in [-0.05, 0) is 42.7 Å². The number of carboxylic acids is 1. The number of carbonyl (C=O) groups excluding carboxylic acids is 2. The molecule has 0 saturated carbocycles. The minimum absolute atomic E-state index is 0.210. The Morgan fingerprint density at radius 2 is 1.86 bits per heavy atom. The fourth-order valence-corrected chi connectivity index (χ4v) is 4.06. The van der Waals surface area contributed by atoms with Crippen molar-refractivity contribution in [1.29, 1.82) is 0 Å². The SMILES string of the molecule is CCC(C)C(NC(=O)COc1ccc2c(=O)c(-c3ccc4c(c3)OCCCO4)c(C)oc2c1)C(=O)[O-]. The number of aliphatic carboxylic acids is 1. The van der Waals surface area contributed by atoms with Crippen molar-refractivity contribution in [2.45, 2.75) is 39.7 Å². The molecule has 0 aliphatic carbocycles. The predicted octanol–water partition coefficient (Wildman–Crippen LogP) is 2.59. The van der Waals surface area contributed by atoms with Gasteiger partial charge in [0.15, 0.2) is 18.1 Å². The summed E-state index contributed by atoms with van der Waals surface area (Å²) in [5, 5.41) is 14.1. The molecule has 1 amide bonds. The Labute approximate surface area is 208 Å². The van der Waals surface area contributed by atoms with Crippen molar-refractivity contribution in [1.82, 2.24) is 5.32 Å². The molecular weight excluding hydrogens is 466 g/mol. The average molecular weight is 495 g/mol. The maximum absolute atomic E-state index is 13.3. The summed E-state index contributed by atoms with van der Waals surface area (Å²) in [4.78, 5) is 36.9. The van der Waals surface area contributed by atoms with E-state index in [0.29, 0.717) is 64.7 Å². The Kier molecular flexibility index (Phi) is 7.47. The van der Waals surface area contributed by atoms with Gasteiger partial charge in [0.2, 0.25) is 5.43 Å². The third kappa shape index (κ3) is 5.30. The standard InChI is InChI=1S/C27H29NO8/c1-4-15(2)25(27(31)32)28-23(29)14-35-18-7-8-19-21(13-18)36-16(3)24(26(19)30)17-6-9-20-22(12-17)34-11-5-10-33-20/h6-9,12-13,15,25H,4-5,10-11,14H2,1-3H3,(H,28,29)(H,31,32)/p-1. The molecule has 36 heavy (non-hydrogen) atoms. The van der Waals surface area contributed by atoms with Gasteiger partial charge in [0.25, 0.3) is 5.91 Å². The third-order valence-corrected chi connectivity index (χ3v) is 6.23. The molecule has 9 nitrogen and oxygen atoms in total. The van der Waals surface area contributed by atoms with Crippen molar-refractivity contribution < 1.29 is 33.3 Å². The fourth-order valence-electron chi connectivity index (χ4n) is 4.06. The molecule has 1 N–H and O–H groups in total. The zero-order valence-corrected chi connectivity index (χ0v) is 20.4. The van der Waals surface area contributed by atoms with Crippen LogP contribution in [0.4, 0.5) is 0 Å². The molecule has 3 aromatic rings. The molecule has 190 valence electrons. The monoisotopic (exact) mass is 494 g/mol. The lowest BCUT2D eigenvalue weighted by atomic mass is 9.99. The van der Waals surface area contributed by atoms with Crippen LogP contribution in [0, 0.1) is 12.8 Å². The summed E-state index contributed by atoms with van der Waals surface area (Å²) in [6.45, 7) is 5.96. The number of amides is 1. The van der Waals surface area contributed by atoms with Crippen LogP contribution in [0.1, 0.15) is 32.4 Å². The van der Waals surface area contributed by atoms with E-state index < -0.39 is 24.5 Å². The second-order valence-electron chi connectivity index (χ2n) is 8.77. The van der Waals surface area contributed by atoms with Crippen LogP contribution < -0.4 is 30.1 Å². The molecule has 0 radical (unpaired) electrons. The number of nitrogens with one attached hydrogen (secondary N) is 1. The van der Waals surface area contributed by atoms with Gasteiger partial charge < -0.3 is 33.8 Å². The summed E-state index contributed by atoms with van der Waals surface area (Å²) in [6, 6.07) is 8.92. The highest BCUT2D eigenvalue weighted by Crippen LogP contribution is 2.35. The van der Waals surface area contributed by atoms with Gasteiger partial charge in [-0.15, -0.1) is 0 Å². The molecule has 0 fully saturated rings. The van der Waals surface area contributed by atoms with Crippen LogP contribution in [0.2, 0.25) is 0 Å². The van der Waals surface area contributed by atoms with Gasteiger partial charge in [-0.2, -0.15) is 0 Å². The number of carboxylic acid groups (broad SMARTS) is 1. The first-order valence-corrected chi connectivity index (χ1v) is 11.9. The van der Waals surface area contributed by atoms with Crippen molar-refractivity contribution in [2.75, 3.05) is 19.8 Å². The number of benzene rings is 2. The number of ether oxygens (including phenoxy) is 3. The number of carbonyl (C=O) groups is 2. The van der Waals surface area contributed by atoms with Gasteiger partial charge in [0.05, 0.1) is 36.2 Å². The van der Waals surface area contributed by atoms with Gasteiger partial charge in [-0.3, -0.25) is 9.59 Å². The molecule has 0 spiro atoms. The molecule has 2 aromatic carbocycles. The smallest absolute Gasteiger partial charge is 0.258 e. The van der Waals surface area contributed by atoms with Crippen molar-refractivity contribution in [3.63, 3.8) is 0 Å². The van der Waals surface area contributed by atoms with Crippen LogP contribution in [-0.4, -0.2) is 37.7 Å². The highest BCUT2D eigenvalue weighted by molar-refractivity contribution is 5.85. The van der Waals surface area contributed by atoms with E-state index in [1.165, 1.54) is 6.07 Å². The van der Waals surface area contributed by atoms with Gasteiger partial charge in [0, 0.05) is 12.5 Å². The van der Waals surface area contributed by atoms with E-state index >= 15 is 0 Å². The summed E-state index contributed by atoms with van der Waals surface area (Å²) < 4.78 is 22.9. The number of rotatable bonds is 8. The van der Waals surface area contributed by atoms with Gasteiger partial charge >= 0.3 is 0 Å². The summed E-state index contributed by atoms with van der Waals surface area (Å²) in [5.41, 5.74) is 1.18. The minimum atomic E-state index is -1.34. The molecule has 2 unspecified atom stereocenters. The van der Waals surface area contributed by atoms with E-state index in [2.05, 4.69) is 5.32 Å². The van der Waals surface area contributed by atoms with E-state index in [1.807, 2.05) is 6.92 Å². The van der Waals surface area contributed by atoms with E-state index in [9.17, 15) is 19.5 Å². The van der Waals surface area contributed by atoms with Crippen LogP contribution >= 0.6 is 0 Å². The average Bonchev–Trinajstić information content (AvgIpc) is 3.10. The zero-order valence-electron chi connectivity index (χ0n) is 20.4. The van der Waals surface area contributed by atoms with E-state index in [0.717, 1.165) is 6.42 Å². The predicted molar refractivity (Wildman–Crippen MR) is 130 cm³/mol. The fraction of sp³-hybridized carbons (Fsp3) is 0.370.